The number of aryl methyl sites for hydroxylation is 1. The summed E-state index contributed by atoms with van der Waals surface area (Å²) in [5, 5.41) is 3.91. The lowest BCUT2D eigenvalue weighted by molar-refractivity contribution is -0.142. The molecule has 0 bridgehead atoms. The quantitative estimate of drug-likeness (QED) is 0.631. The first kappa shape index (κ1) is 15.5. The number of hydrogen-bond donors (Lipinski definition) is 0. The van der Waals surface area contributed by atoms with Crippen molar-refractivity contribution < 1.29 is 9.63 Å². The smallest absolute Gasteiger partial charge is 0.263 e. The Labute approximate surface area is 126 Å². The maximum atomic E-state index is 12.2. The van der Waals surface area contributed by atoms with Gasteiger partial charge in [0.25, 0.3) is 5.91 Å². The van der Waals surface area contributed by atoms with E-state index in [-0.39, 0.29) is 12.5 Å². The summed E-state index contributed by atoms with van der Waals surface area (Å²) < 4.78 is 0. The molecule has 0 N–H and O–H groups in total. The van der Waals surface area contributed by atoms with Gasteiger partial charge in [-0.1, -0.05) is 29.4 Å². The van der Waals surface area contributed by atoms with Gasteiger partial charge in [0, 0.05) is 12.1 Å². The van der Waals surface area contributed by atoms with Crippen LogP contribution in [0, 0.1) is 6.92 Å². The third-order valence-electron chi connectivity index (χ3n) is 4.12. The predicted molar refractivity (Wildman–Crippen MR) is 84.3 cm³/mol. The number of hydrogen-bond acceptors (Lipinski definition) is 3. The minimum atomic E-state index is 0.0110. The summed E-state index contributed by atoms with van der Waals surface area (Å²) in [5.41, 5.74) is 2.14. The first-order valence-corrected chi connectivity index (χ1v) is 7.61. The summed E-state index contributed by atoms with van der Waals surface area (Å²) in [6.45, 7) is 6.23. The molecule has 2 atom stereocenters. The lowest BCUT2D eigenvalue weighted by Crippen LogP contribution is -2.48. The van der Waals surface area contributed by atoms with Crippen LogP contribution in [0.25, 0.3) is 0 Å². The number of piperidine rings is 1. The van der Waals surface area contributed by atoms with Crippen LogP contribution in [-0.2, 0) is 9.63 Å². The highest BCUT2D eigenvalue weighted by molar-refractivity contribution is 5.81. The molecule has 1 aliphatic rings. The van der Waals surface area contributed by atoms with Crippen molar-refractivity contribution >= 4 is 12.1 Å². The van der Waals surface area contributed by atoms with Gasteiger partial charge >= 0.3 is 0 Å². The van der Waals surface area contributed by atoms with E-state index in [0.29, 0.717) is 12.1 Å². The average Bonchev–Trinajstić information content (AvgIpc) is 2.45. The molecule has 0 saturated carbocycles. The zero-order valence-corrected chi connectivity index (χ0v) is 13.1. The summed E-state index contributed by atoms with van der Waals surface area (Å²) in [6.07, 6.45) is 5.00. The van der Waals surface area contributed by atoms with E-state index >= 15 is 0 Å². The molecule has 0 aromatic heterocycles. The molecule has 0 aliphatic carbocycles. The van der Waals surface area contributed by atoms with Crippen molar-refractivity contribution in [2.24, 2.45) is 5.16 Å². The second kappa shape index (κ2) is 7.25. The van der Waals surface area contributed by atoms with E-state index in [2.05, 4.69) is 19.0 Å². The van der Waals surface area contributed by atoms with Crippen molar-refractivity contribution in [3.63, 3.8) is 0 Å². The van der Waals surface area contributed by atoms with Crippen LogP contribution in [0.3, 0.4) is 0 Å². The average molecular weight is 288 g/mol. The summed E-state index contributed by atoms with van der Waals surface area (Å²) in [5.74, 6) is 0.0247. The predicted octanol–water partition coefficient (Wildman–Crippen LogP) is 3.14. The monoisotopic (exact) mass is 288 g/mol. The fraction of sp³-hybridized carbons (Fsp3) is 0.529. The Kier molecular flexibility index (Phi) is 5.37. The topological polar surface area (TPSA) is 41.9 Å². The highest BCUT2D eigenvalue weighted by Crippen LogP contribution is 2.22. The molecular weight excluding hydrogens is 264 g/mol. The first-order chi connectivity index (χ1) is 10.1. The number of likely N-dealkylation sites (tertiary alicyclic amines) is 1. The molecule has 1 aromatic rings. The van der Waals surface area contributed by atoms with Crippen LogP contribution in [0.4, 0.5) is 0 Å². The number of amides is 1. The Hall–Kier alpha value is -1.84. The van der Waals surface area contributed by atoms with Gasteiger partial charge in [0.15, 0.2) is 6.61 Å². The summed E-state index contributed by atoms with van der Waals surface area (Å²) in [7, 11) is 0. The Balaban J connectivity index is 1.85. The van der Waals surface area contributed by atoms with Gasteiger partial charge in [-0.05, 0) is 51.2 Å². The van der Waals surface area contributed by atoms with Gasteiger partial charge in [0.05, 0.1) is 6.21 Å². The van der Waals surface area contributed by atoms with Crippen molar-refractivity contribution in [2.45, 2.75) is 52.1 Å². The minimum absolute atomic E-state index is 0.0110. The number of nitrogens with zero attached hydrogens (tertiary/aromatic N) is 2. The summed E-state index contributed by atoms with van der Waals surface area (Å²) in [4.78, 5) is 19.3. The number of carbonyl (C=O) groups is 1. The third kappa shape index (κ3) is 4.06. The van der Waals surface area contributed by atoms with Crippen molar-refractivity contribution in [1.29, 1.82) is 0 Å². The van der Waals surface area contributed by atoms with E-state index in [4.69, 9.17) is 4.84 Å². The summed E-state index contributed by atoms with van der Waals surface area (Å²) in [6, 6.07) is 8.52. The van der Waals surface area contributed by atoms with Crippen LogP contribution >= 0.6 is 0 Å². The van der Waals surface area contributed by atoms with Crippen LogP contribution in [0.1, 0.15) is 44.2 Å². The normalized spacial score (nSPS) is 22.5. The standard InChI is InChI=1S/C17H24N2O2/c1-13-7-4-5-10-16(13)11-18-21-12-17(20)19-14(2)8-6-9-15(19)3/h4-5,7,10-11,14-15H,6,8-9,12H2,1-3H3/b18-11+. The van der Waals surface area contributed by atoms with Crippen molar-refractivity contribution in [3.05, 3.63) is 35.4 Å². The second-order valence-electron chi connectivity index (χ2n) is 5.79. The maximum Gasteiger partial charge on any atom is 0.263 e. The second-order valence-corrected chi connectivity index (χ2v) is 5.79. The van der Waals surface area contributed by atoms with Crippen LogP contribution in [0.5, 0.6) is 0 Å². The van der Waals surface area contributed by atoms with Gasteiger partial charge in [0.2, 0.25) is 0 Å². The van der Waals surface area contributed by atoms with E-state index in [1.165, 1.54) is 6.42 Å². The zero-order chi connectivity index (χ0) is 15.2. The molecule has 0 spiro atoms. The van der Waals surface area contributed by atoms with Crippen molar-refractivity contribution in [1.82, 2.24) is 4.90 Å². The van der Waals surface area contributed by atoms with E-state index in [1.54, 1.807) is 6.21 Å². The number of oxime groups is 1. The first-order valence-electron chi connectivity index (χ1n) is 7.61. The molecule has 2 rings (SSSR count). The highest BCUT2D eigenvalue weighted by atomic mass is 16.6. The fourth-order valence-electron chi connectivity index (χ4n) is 2.91. The lowest BCUT2D eigenvalue weighted by atomic mass is 9.97. The SMILES string of the molecule is Cc1ccccc1/C=N/OCC(=O)N1C(C)CCCC1C. The number of rotatable bonds is 4. The van der Waals surface area contributed by atoms with Gasteiger partial charge in [0.1, 0.15) is 0 Å². The Bertz CT molecular complexity index is 503. The van der Waals surface area contributed by atoms with Gasteiger partial charge < -0.3 is 9.74 Å². The van der Waals surface area contributed by atoms with Gasteiger partial charge in [-0.25, -0.2) is 0 Å². The van der Waals surface area contributed by atoms with Crippen LogP contribution in [-0.4, -0.2) is 35.7 Å². The van der Waals surface area contributed by atoms with Gasteiger partial charge in [-0.15, -0.1) is 0 Å². The molecule has 1 fully saturated rings. The van der Waals surface area contributed by atoms with E-state index in [0.717, 1.165) is 24.0 Å². The molecule has 1 heterocycles. The maximum absolute atomic E-state index is 12.2. The van der Waals surface area contributed by atoms with Crippen LogP contribution in [0.15, 0.2) is 29.4 Å². The number of benzene rings is 1. The van der Waals surface area contributed by atoms with Crippen LogP contribution < -0.4 is 0 Å². The number of carbonyl (C=O) groups excluding carboxylic acids is 1. The molecule has 1 aromatic carbocycles. The molecule has 114 valence electrons. The van der Waals surface area contributed by atoms with Crippen molar-refractivity contribution in [3.8, 4) is 0 Å². The molecule has 2 unspecified atom stereocenters. The fourth-order valence-corrected chi connectivity index (χ4v) is 2.91. The minimum Gasteiger partial charge on any atom is -0.386 e. The molecule has 21 heavy (non-hydrogen) atoms. The largest absolute Gasteiger partial charge is 0.386 e. The van der Waals surface area contributed by atoms with E-state index < -0.39 is 0 Å². The third-order valence-corrected chi connectivity index (χ3v) is 4.12. The molecular formula is C17H24N2O2. The molecule has 1 aliphatic heterocycles. The van der Waals surface area contributed by atoms with E-state index in [9.17, 15) is 4.79 Å². The Morgan fingerprint density at radius 2 is 2.00 bits per heavy atom. The molecule has 1 saturated heterocycles. The van der Waals surface area contributed by atoms with Crippen LogP contribution in [0.2, 0.25) is 0 Å². The van der Waals surface area contributed by atoms with Gasteiger partial charge in [-0.3, -0.25) is 4.79 Å². The Morgan fingerprint density at radius 3 is 2.67 bits per heavy atom. The molecule has 0 radical (unpaired) electrons. The lowest BCUT2D eigenvalue weighted by Gasteiger charge is -2.38. The van der Waals surface area contributed by atoms with Crippen molar-refractivity contribution in [2.75, 3.05) is 6.61 Å². The van der Waals surface area contributed by atoms with Gasteiger partial charge in [-0.2, -0.15) is 0 Å². The highest BCUT2D eigenvalue weighted by Gasteiger charge is 2.28. The van der Waals surface area contributed by atoms with E-state index in [1.807, 2.05) is 36.1 Å². The molecule has 4 nitrogen and oxygen atoms in total. The molecule has 4 heteroatoms. The molecule has 1 amide bonds. The summed E-state index contributed by atoms with van der Waals surface area (Å²) >= 11 is 0. The zero-order valence-electron chi connectivity index (χ0n) is 13.1. The Morgan fingerprint density at radius 1 is 1.33 bits per heavy atom.